The Kier molecular flexibility index (Phi) is 3.63. The summed E-state index contributed by atoms with van der Waals surface area (Å²) in [4.78, 5) is 18.1. The Morgan fingerprint density at radius 3 is 2.50 bits per heavy atom. The minimum Gasteiger partial charge on any atom is -0.345 e. The predicted octanol–water partition coefficient (Wildman–Crippen LogP) is 3.91. The van der Waals surface area contributed by atoms with Crippen molar-refractivity contribution in [3.05, 3.63) is 65.9 Å². The summed E-state index contributed by atoms with van der Waals surface area (Å²) in [5.41, 5.74) is 5.07. The van der Waals surface area contributed by atoms with Gasteiger partial charge in [0.1, 0.15) is 0 Å². The lowest BCUT2D eigenvalue weighted by molar-refractivity contribution is 0.0828. The van der Waals surface area contributed by atoms with E-state index in [9.17, 15) is 4.79 Å². The van der Waals surface area contributed by atoms with Crippen molar-refractivity contribution in [1.82, 2.24) is 9.88 Å². The molecule has 0 N–H and O–H groups in total. The SMILES string of the molecule is Cc1ccccc1-c1ccnc2cc(C(=O)N(C)C)ccc12. The normalized spacial score (nSPS) is 10.7. The molecule has 3 aromatic rings. The molecule has 1 aromatic heterocycles. The molecule has 1 heterocycles. The lowest BCUT2D eigenvalue weighted by atomic mass is 9.97. The van der Waals surface area contributed by atoms with Gasteiger partial charge in [0.25, 0.3) is 5.91 Å². The Labute approximate surface area is 130 Å². The van der Waals surface area contributed by atoms with Crippen molar-refractivity contribution < 1.29 is 4.79 Å². The predicted molar refractivity (Wildman–Crippen MR) is 89.9 cm³/mol. The smallest absolute Gasteiger partial charge is 0.253 e. The molecule has 0 spiro atoms. The second-order valence-electron chi connectivity index (χ2n) is 5.60. The van der Waals surface area contributed by atoms with Gasteiger partial charge in [0, 0.05) is 31.2 Å². The third-order valence-corrected chi connectivity index (χ3v) is 3.83. The van der Waals surface area contributed by atoms with E-state index in [2.05, 4.69) is 24.0 Å². The highest BCUT2D eigenvalue weighted by atomic mass is 16.2. The maximum atomic E-state index is 12.1. The van der Waals surface area contributed by atoms with Crippen LogP contribution in [-0.4, -0.2) is 29.9 Å². The Morgan fingerprint density at radius 2 is 1.77 bits per heavy atom. The number of fused-ring (bicyclic) bond motifs is 1. The number of aromatic nitrogens is 1. The van der Waals surface area contributed by atoms with Gasteiger partial charge in [-0.2, -0.15) is 0 Å². The van der Waals surface area contributed by atoms with Gasteiger partial charge in [-0.3, -0.25) is 9.78 Å². The largest absolute Gasteiger partial charge is 0.345 e. The minimum atomic E-state index is -0.00926. The van der Waals surface area contributed by atoms with Gasteiger partial charge in [-0.1, -0.05) is 30.3 Å². The minimum absolute atomic E-state index is 0.00926. The molecule has 0 aliphatic heterocycles. The monoisotopic (exact) mass is 290 g/mol. The first-order valence-electron chi connectivity index (χ1n) is 7.24. The van der Waals surface area contributed by atoms with Gasteiger partial charge in [0.05, 0.1) is 5.52 Å². The average Bonchev–Trinajstić information content (AvgIpc) is 2.53. The molecule has 0 atom stereocenters. The van der Waals surface area contributed by atoms with Crippen LogP contribution in [0.1, 0.15) is 15.9 Å². The summed E-state index contributed by atoms with van der Waals surface area (Å²) in [6.45, 7) is 2.10. The number of carbonyl (C=O) groups is 1. The fraction of sp³-hybridized carbons (Fsp3) is 0.158. The second-order valence-corrected chi connectivity index (χ2v) is 5.60. The van der Waals surface area contributed by atoms with Crippen LogP contribution in [0.5, 0.6) is 0 Å². The van der Waals surface area contributed by atoms with Crippen molar-refractivity contribution >= 4 is 16.8 Å². The van der Waals surface area contributed by atoms with Crippen molar-refractivity contribution in [3.8, 4) is 11.1 Å². The van der Waals surface area contributed by atoms with Crippen LogP contribution in [-0.2, 0) is 0 Å². The van der Waals surface area contributed by atoms with Crippen molar-refractivity contribution in [3.63, 3.8) is 0 Å². The summed E-state index contributed by atoms with van der Waals surface area (Å²) in [7, 11) is 3.51. The number of pyridine rings is 1. The van der Waals surface area contributed by atoms with E-state index in [1.165, 1.54) is 11.1 Å². The zero-order valence-electron chi connectivity index (χ0n) is 13.0. The molecule has 3 rings (SSSR count). The third-order valence-electron chi connectivity index (χ3n) is 3.83. The number of amides is 1. The number of benzene rings is 2. The standard InChI is InChI=1S/C19H18N2O/c1-13-6-4-5-7-15(13)16-10-11-20-18-12-14(8-9-17(16)18)19(22)21(2)3/h4-12H,1-3H3. The maximum Gasteiger partial charge on any atom is 0.253 e. The molecule has 22 heavy (non-hydrogen) atoms. The zero-order valence-corrected chi connectivity index (χ0v) is 13.0. The first-order chi connectivity index (χ1) is 10.6. The Morgan fingerprint density at radius 1 is 1.00 bits per heavy atom. The van der Waals surface area contributed by atoms with Crippen LogP contribution in [0, 0.1) is 6.92 Å². The van der Waals surface area contributed by atoms with Crippen LogP contribution >= 0.6 is 0 Å². The van der Waals surface area contributed by atoms with E-state index >= 15 is 0 Å². The molecule has 3 heteroatoms. The lowest BCUT2D eigenvalue weighted by Crippen LogP contribution is -2.21. The summed E-state index contributed by atoms with van der Waals surface area (Å²) in [5, 5.41) is 1.06. The molecule has 0 bridgehead atoms. The van der Waals surface area contributed by atoms with E-state index in [1.807, 2.05) is 36.4 Å². The van der Waals surface area contributed by atoms with Gasteiger partial charge < -0.3 is 4.90 Å². The first-order valence-corrected chi connectivity index (χ1v) is 7.24. The second kappa shape index (κ2) is 5.60. The van der Waals surface area contributed by atoms with Crippen molar-refractivity contribution in [2.75, 3.05) is 14.1 Å². The highest BCUT2D eigenvalue weighted by Gasteiger charge is 2.11. The van der Waals surface area contributed by atoms with Crippen LogP contribution < -0.4 is 0 Å². The highest BCUT2D eigenvalue weighted by Crippen LogP contribution is 2.30. The van der Waals surface area contributed by atoms with Gasteiger partial charge in [-0.25, -0.2) is 0 Å². The number of rotatable bonds is 2. The zero-order chi connectivity index (χ0) is 15.7. The van der Waals surface area contributed by atoms with Gasteiger partial charge in [0.15, 0.2) is 0 Å². The fourth-order valence-electron chi connectivity index (χ4n) is 2.65. The third kappa shape index (κ3) is 2.46. The Balaban J connectivity index is 2.19. The van der Waals surface area contributed by atoms with Crippen LogP contribution in [0.15, 0.2) is 54.7 Å². The van der Waals surface area contributed by atoms with E-state index in [0.29, 0.717) is 5.56 Å². The molecule has 1 amide bonds. The molecule has 0 unspecified atom stereocenters. The van der Waals surface area contributed by atoms with E-state index in [-0.39, 0.29) is 5.91 Å². The summed E-state index contributed by atoms with van der Waals surface area (Å²) < 4.78 is 0. The maximum absolute atomic E-state index is 12.1. The van der Waals surface area contributed by atoms with E-state index < -0.39 is 0 Å². The van der Waals surface area contributed by atoms with Crippen LogP contribution in [0.2, 0.25) is 0 Å². The van der Waals surface area contributed by atoms with Crippen molar-refractivity contribution in [2.45, 2.75) is 6.92 Å². The number of hydrogen-bond acceptors (Lipinski definition) is 2. The molecule has 3 nitrogen and oxygen atoms in total. The number of carbonyl (C=O) groups excluding carboxylic acids is 1. The first kappa shape index (κ1) is 14.3. The molecule has 0 saturated heterocycles. The van der Waals surface area contributed by atoms with Crippen molar-refractivity contribution in [1.29, 1.82) is 0 Å². The molecule has 0 saturated carbocycles. The van der Waals surface area contributed by atoms with Crippen LogP contribution in [0.4, 0.5) is 0 Å². The number of hydrogen-bond donors (Lipinski definition) is 0. The Hall–Kier alpha value is -2.68. The lowest BCUT2D eigenvalue weighted by Gasteiger charge is -2.12. The van der Waals surface area contributed by atoms with E-state index in [0.717, 1.165) is 16.5 Å². The molecule has 0 fully saturated rings. The summed E-state index contributed by atoms with van der Waals surface area (Å²) in [6, 6.07) is 16.0. The molecule has 110 valence electrons. The number of nitrogens with zero attached hydrogens (tertiary/aromatic N) is 2. The number of aryl methyl sites for hydroxylation is 1. The quantitative estimate of drug-likeness (QED) is 0.717. The van der Waals surface area contributed by atoms with Gasteiger partial charge >= 0.3 is 0 Å². The topological polar surface area (TPSA) is 33.2 Å². The molecule has 0 aliphatic carbocycles. The average molecular weight is 290 g/mol. The van der Waals surface area contributed by atoms with Gasteiger partial charge in [0.2, 0.25) is 0 Å². The summed E-state index contributed by atoms with van der Waals surface area (Å²) >= 11 is 0. The molecule has 0 radical (unpaired) electrons. The van der Waals surface area contributed by atoms with Crippen LogP contribution in [0.3, 0.4) is 0 Å². The van der Waals surface area contributed by atoms with Crippen LogP contribution in [0.25, 0.3) is 22.0 Å². The van der Waals surface area contributed by atoms with E-state index in [4.69, 9.17) is 0 Å². The molecule has 0 aliphatic rings. The Bertz CT molecular complexity index is 853. The summed E-state index contributed by atoms with van der Waals surface area (Å²) in [6.07, 6.45) is 1.80. The summed E-state index contributed by atoms with van der Waals surface area (Å²) in [5.74, 6) is -0.00926. The van der Waals surface area contributed by atoms with E-state index in [1.54, 1.807) is 25.2 Å². The van der Waals surface area contributed by atoms with Gasteiger partial charge in [-0.15, -0.1) is 0 Å². The molecular weight excluding hydrogens is 272 g/mol. The fourth-order valence-corrected chi connectivity index (χ4v) is 2.65. The molecule has 2 aromatic carbocycles. The highest BCUT2D eigenvalue weighted by molar-refractivity contribution is 6.01. The van der Waals surface area contributed by atoms with Crippen molar-refractivity contribution in [2.24, 2.45) is 0 Å². The van der Waals surface area contributed by atoms with Gasteiger partial charge in [-0.05, 0) is 41.8 Å². The molecular formula is C19H18N2O.